The highest BCUT2D eigenvalue weighted by atomic mass is 16.4. The Morgan fingerprint density at radius 3 is 1.21 bits per heavy atom. The molecule has 6 nitrogen and oxygen atoms in total. The van der Waals surface area contributed by atoms with Crippen molar-refractivity contribution in [1.82, 2.24) is 0 Å². The molecular weight excluding hydrogens is 188 g/mol. The predicted molar refractivity (Wildman–Crippen MR) is 51.6 cm³/mol. The molecule has 0 aliphatic heterocycles. The van der Waals surface area contributed by atoms with E-state index in [0.29, 0.717) is 0 Å². The largest absolute Gasteiger partial charge is 0.480 e. The monoisotopic (exact) mass is 202 g/mol. The third kappa shape index (κ3) is 8.44. The minimum absolute atomic E-state index is 0.917. The molecule has 0 rings (SSSR count). The molecule has 0 amide bonds. The van der Waals surface area contributed by atoms with Crippen molar-refractivity contribution in [3.8, 4) is 0 Å². The topological polar surface area (TPSA) is 127 Å². The van der Waals surface area contributed by atoms with Gasteiger partial charge in [-0.2, -0.15) is 0 Å². The zero-order valence-corrected chi connectivity index (χ0v) is 7.59. The fraction of sp³-hybridized carbons (Fsp3) is 0.250. The number of hydrogen-bond acceptors (Lipinski definition) is 4. The standard InChI is InChI=1S/2C4H7NO2/c2*1-2-3(5)4(6)7/h2*2-3H,1,5H2,(H,6,7). The molecular formula is C8H14N2O4. The number of carboxylic acid groups (broad SMARTS) is 2. The van der Waals surface area contributed by atoms with E-state index in [1.165, 1.54) is 12.2 Å². The number of rotatable bonds is 4. The minimum atomic E-state index is -1.05. The zero-order chi connectivity index (χ0) is 11.7. The summed E-state index contributed by atoms with van der Waals surface area (Å²) in [7, 11) is 0. The molecule has 0 aromatic rings. The van der Waals surface area contributed by atoms with Crippen LogP contribution in [0, 0.1) is 0 Å². The van der Waals surface area contributed by atoms with E-state index in [0.717, 1.165) is 0 Å². The van der Waals surface area contributed by atoms with E-state index in [1.54, 1.807) is 0 Å². The van der Waals surface area contributed by atoms with Crippen LogP contribution >= 0.6 is 0 Å². The van der Waals surface area contributed by atoms with E-state index in [-0.39, 0.29) is 0 Å². The zero-order valence-electron chi connectivity index (χ0n) is 7.59. The van der Waals surface area contributed by atoms with E-state index in [4.69, 9.17) is 21.7 Å². The van der Waals surface area contributed by atoms with Gasteiger partial charge in [0.25, 0.3) is 0 Å². The van der Waals surface area contributed by atoms with Gasteiger partial charge in [-0.15, -0.1) is 13.2 Å². The maximum Gasteiger partial charge on any atom is 0.324 e. The summed E-state index contributed by atoms with van der Waals surface area (Å²) < 4.78 is 0. The van der Waals surface area contributed by atoms with E-state index >= 15 is 0 Å². The third-order valence-electron chi connectivity index (χ3n) is 1.08. The molecule has 0 aliphatic carbocycles. The summed E-state index contributed by atoms with van der Waals surface area (Å²) in [6.07, 6.45) is 2.34. The Balaban J connectivity index is 0. The van der Waals surface area contributed by atoms with E-state index in [2.05, 4.69) is 13.2 Å². The molecule has 6 heteroatoms. The fourth-order valence-corrected chi connectivity index (χ4v) is 0.202. The van der Waals surface area contributed by atoms with Crippen molar-refractivity contribution < 1.29 is 19.8 Å². The van der Waals surface area contributed by atoms with Crippen LogP contribution in [-0.2, 0) is 9.59 Å². The molecule has 0 fully saturated rings. The second kappa shape index (κ2) is 7.96. The van der Waals surface area contributed by atoms with Crippen molar-refractivity contribution >= 4 is 11.9 Å². The molecule has 2 atom stereocenters. The van der Waals surface area contributed by atoms with Gasteiger partial charge in [-0.25, -0.2) is 0 Å². The molecule has 14 heavy (non-hydrogen) atoms. The normalized spacial score (nSPS) is 12.7. The van der Waals surface area contributed by atoms with E-state index < -0.39 is 24.0 Å². The first-order valence-electron chi connectivity index (χ1n) is 3.58. The van der Waals surface area contributed by atoms with Gasteiger partial charge in [-0.05, 0) is 0 Å². The van der Waals surface area contributed by atoms with Crippen LogP contribution in [-0.4, -0.2) is 34.2 Å². The number of carbonyl (C=O) groups is 2. The van der Waals surface area contributed by atoms with E-state index in [9.17, 15) is 9.59 Å². The van der Waals surface area contributed by atoms with Gasteiger partial charge >= 0.3 is 11.9 Å². The van der Waals surface area contributed by atoms with Crippen molar-refractivity contribution in [3.05, 3.63) is 25.3 Å². The summed E-state index contributed by atoms with van der Waals surface area (Å²) in [6, 6.07) is -1.83. The van der Waals surface area contributed by atoms with Crippen LogP contribution in [0.3, 0.4) is 0 Å². The minimum Gasteiger partial charge on any atom is -0.480 e. The Morgan fingerprint density at radius 1 is 1.00 bits per heavy atom. The Labute approximate surface area is 81.5 Å². The lowest BCUT2D eigenvalue weighted by Crippen LogP contribution is -2.26. The molecule has 80 valence electrons. The molecule has 0 heterocycles. The molecule has 0 saturated carbocycles. The highest BCUT2D eigenvalue weighted by Crippen LogP contribution is 1.75. The van der Waals surface area contributed by atoms with Crippen LogP contribution in [0.15, 0.2) is 25.3 Å². The Morgan fingerprint density at radius 2 is 1.21 bits per heavy atom. The molecule has 0 aromatic heterocycles. The third-order valence-corrected chi connectivity index (χ3v) is 1.08. The number of aliphatic carboxylic acids is 2. The molecule has 0 aromatic carbocycles. The van der Waals surface area contributed by atoms with Gasteiger partial charge in [0.1, 0.15) is 12.1 Å². The Bertz CT molecular complexity index is 203. The fourth-order valence-electron chi connectivity index (χ4n) is 0.202. The van der Waals surface area contributed by atoms with Crippen LogP contribution in [0.2, 0.25) is 0 Å². The second-order valence-corrected chi connectivity index (χ2v) is 2.20. The van der Waals surface area contributed by atoms with Crippen molar-refractivity contribution in [3.63, 3.8) is 0 Å². The van der Waals surface area contributed by atoms with Crippen LogP contribution in [0.4, 0.5) is 0 Å². The summed E-state index contributed by atoms with van der Waals surface area (Å²) in [5.74, 6) is -2.09. The Kier molecular flexibility index (Phi) is 8.44. The smallest absolute Gasteiger partial charge is 0.324 e. The van der Waals surface area contributed by atoms with Gasteiger partial charge < -0.3 is 21.7 Å². The lowest BCUT2D eigenvalue weighted by atomic mass is 10.3. The van der Waals surface area contributed by atoms with Crippen molar-refractivity contribution in [1.29, 1.82) is 0 Å². The van der Waals surface area contributed by atoms with Crippen molar-refractivity contribution in [2.75, 3.05) is 0 Å². The molecule has 0 radical (unpaired) electrons. The first kappa shape index (κ1) is 14.8. The number of nitrogens with two attached hydrogens (primary N) is 2. The highest BCUT2D eigenvalue weighted by molar-refractivity contribution is 5.75. The SMILES string of the molecule is C=CC(N)C(=O)O.C=CC(N)C(=O)O. The average molecular weight is 202 g/mol. The molecule has 0 bridgehead atoms. The second-order valence-electron chi connectivity index (χ2n) is 2.20. The van der Waals surface area contributed by atoms with Crippen LogP contribution in [0.1, 0.15) is 0 Å². The number of carboxylic acids is 2. The summed E-state index contributed by atoms with van der Waals surface area (Å²) in [5.41, 5.74) is 9.80. The van der Waals surface area contributed by atoms with Crippen LogP contribution in [0.5, 0.6) is 0 Å². The highest BCUT2D eigenvalue weighted by Gasteiger charge is 2.03. The molecule has 0 saturated heterocycles. The van der Waals surface area contributed by atoms with Crippen LogP contribution < -0.4 is 11.5 Å². The summed E-state index contributed by atoms with van der Waals surface area (Å²) in [6.45, 7) is 6.35. The van der Waals surface area contributed by atoms with E-state index in [1.807, 2.05) is 0 Å². The lowest BCUT2D eigenvalue weighted by molar-refractivity contribution is -0.138. The maximum atomic E-state index is 9.73. The molecule has 0 aliphatic rings. The lowest BCUT2D eigenvalue weighted by Gasteiger charge is -1.92. The molecule has 2 unspecified atom stereocenters. The average Bonchev–Trinajstić information content (AvgIpc) is 2.15. The summed E-state index contributed by atoms with van der Waals surface area (Å²) in [5, 5.41) is 16.0. The predicted octanol–water partition coefficient (Wildman–Crippen LogP) is -0.831. The van der Waals surface area contributed by atoms with Crippen LogP contribution in [0.25, 0.3) is 0 Å². The van der Waals surface area contributed by atoms with Gasteiger partial charge in [0.15, 0.2) is 0 Å². The quantitative estimate of drug-likeness (QED) is 0.440. The van der Waals surface area contributed by atoms with Gasteiger partial charge in [0.2, 0.25) is 0 Å². The summed E-state index contributed by atoms with van der Waals surface area (Å²) in [4.78, 5) is 19.5. The summed E-state index contributed by atoms with van der Waals surface area (Å²) >= 11 is 0. The van der Waals surface area contributed by atoms with Crippen molar-refractivity contribution in [2.45, 2.75) is 12.1 Å². The molecule has 6 N–H and O–H groups in total. The van der Waals surface area contributed by atoms with Gasteiger partial charge in [-0.3, -0.25) is 9.59 Å². The van der Waals surface area contributed by atoms with Crippen molar-refractivity contribution in [2.24, 2.45) is 11.5 Å². The number of hydrogen-bond donors (Lipinski definition) is 4. The van der Waals surface area contributed by atoms with Gasteiger partial charge in [0, 0.05) is 0 Å². The maximum absolute atomic E-state index is 9.73. The molecule has 0 spiro atoms. The van der Waals surface area contributed by atoms with Gasteiger partial charge in [-0.1, -0.05) is 12.2 Å². The van der Waals surface area contributed by atoms with Gasteiger partial charge in [0.05, 0.1) is 0 Å². The Hall–Kier alpha value is -1.66. The first-order valence-corrected chi connectivity index (χ1v) is 3.58. The first-order chi connectivity index (χ1) is 6.36.